The predicted molar refractivity (Wildman–Crippen MR) is 98.7 cm³/mol. The summed E-state index contributed by atoms with van der Waals surface area (Å²) < 4.78 is 7.34. The molecule has 0 spiro atoms. The van der Waals surface area contributed by atoms with Gasteiger partial charge in [-0.3, -0.25) is 4.79 Å². The Hall–Kier alpha value is -1.04. The summed E-state index contributed by atoms with van der Waals surface area (Å²) in [4.78, 5) is 11.0. The monoisotopic (exact) mass is 460 g/mol. The first-order chi connectivity index (χ1) is 10.8. The molecule has 0 aliphatic carbocycles. The van der Waals surface area contributed by atoms with Crippen molar-refractivity contribution in [2.24, 2.45) is 0 Å². The lowest BCUT2D eigenvalue weighted by atomic mass is 10.0. The number of carbonyl (C=O) groups excluding carboxylic acids is 1. The Balaban J connectivity index is 2.33. The molecule has 0 heterocycles. The highest BCUT2D eigenvalue weighted by Crippen LogP contribution is 2.39. The smallest absolute Gasteiger partial charge is 0.226 e. The molecule has 0 amide bonds. The van der Waals surface area contributed by atoms with Crippen LogP contribution in [-0.4, -0.2) is 10.3 Å². The Bertz CT molecular complexity index is 722. The molecule has 0 unspecified atom stereocenters. The van der Waals surface area contributed by atoms with Crippen molar-refractivity contribution in [1.29, 1.82) is 0 Å². The topological polar surface area (TPSA) is 46.5 Å². The fourth-order valence-electron chi connectivity index (χ4n) is 2.15. The van der Waals surface area contributed by atoms with Crippen LogP contribution in [0, 0.1) is 0 Å². The second-order valence-corrected chi connectivity index (χ2v) is 7.53. The fraction of sp³-hybridized carbons (Fsp3) is 0.235. The summed E-state index contributed by atoms with van der Waals surface area (Å²) in [5, 5.41) is 9.46. The van der Waals surface area contributed by atoms with Crippen LogP contribution in [0.15, 0.2) is 39.3 Å². The van der Waals surface area contributed by atoms with Crippen LogP contribution in [0.3, 0.4) is 0 Å². The number of benzene rings is 2. The number of carbonyl (C=O) groups is 1. The summed E-state index contributed by atoms with van der Waals surface area (Å²) in [7, 11) is 0. The highest BCUT2D eigenvalue weighted by atomic mass is 79.9. The Morgan fingerprint density at radius 2 is 1.83 bits per heavy atom. The van der Waals surface area contributed by atoms with Crippen molar-refractivity contribution in [2.45, 2.75) is 26.2 Å². The lowest BCUT2D eigenvalue weighted by Gasteiger charge is -2.14. The van der Waals surface area contributed by atoms with Crippen molar-refractivity contribution in [3.8, 4) is 17.2 Å². The third-order valence-electron chi connectivity index (χ3n) is 3.24. The van der Waals surface area contributed by atoms with Crippen molar-refractivity contribution in [3.05, 3.63) is 50.4 Å². The molecule has 0 aliphatic heterocycles. The SMILES string of the molecule is CC(C)c1cc(Oc2c(Br)cc(CC(=O)Cl)cc2Br)ccc1O. The molecular formula is C17H15Br2ClO3. The molecule has 23 heavy (non-hydrogen) atoms. The largest absolute Gasteiger partial charge is 0.508 e. The molecule has 0 atom stereocenters. The lowest BCUT2D eigenvalue weighted by molar-refractivity contribution is -0.111. The minimum atomic E-state index is -0.419. The predicted octanol–water partition coefficient (Wildman–Crippen LogP) is 6.14. The summed E-state index contributed by atoms with van der Waals surface area (Å²) in [5.74, 6) is 1.65. The van der Waals surface area contributed by atoms with Crippen molar-refractivity contribution < 1.29 is 14.6 Å². The van der Waals surface area contributed by atoms with Gasteiger partial charge < -0.3 is 9.84 Å². The fourth-order valence-corrected chi connectivity index (χ4v) is 3.75. The number of phenols is 1. The number of aromatic hydroxyl groups is 1. The number of phenolic OH excluding ortho intramolecular Hbond substituents is 1. The van der Waals surface area contributed by atoms with E-state index in [4.69, 9.17) is 16.3 Å². The number of hydrogen-bond donors (Lipinski definition) is 1. The van der Waals surface area contributed by atoms with E-state index in [0.29, 0.717) is 20.4 Å². The van der Waals surface area contributed by atoms with E-state index in [1.807, 2.05) is 19.9 Å². The number of halogens is 3. The maximum Gasteiger partial charge on any atom is 0.226 e. The summed E-state index contributed by atoms with van der Waals surface area (Å²) in [6.45, 7) is 4.01. The minimum absolute atomic E-state index is 0.149. The summed E-state index contributed by atoms with van der Waals surface area (Å²) >= 11 is 12.3. The molecule has 0 saturated carbocycles. The highest BCUT2D eigenvalue weighted by molar-refractivity contribution is 9.11. The Morgan fingerprint density at radius 3 is 2.35 bits per heavy atom. The highest BCUT2D eigenvalue weighted by Gasteiger charge is 2.13. The number of hydrogen-bond acceptors (Lipinski definition) is 3. The van der Waals surface area contributed by atoms with Gasteiger partial charge in [0.25, 0.3) is 0 Å². The maximum absolute atomic E-state index is 11.0. The van der Waals surface area contributed by atoms with Crippen LogP contribution < -0.4 is 4.74 Å². The molecule has 0 bridgehead atoms. The first-order valence-electron chi connectivity index (χ1n) is 6.95. The standard InChI is InChI=1S/C17H15Br2ClO3/c1-9(2)12-8-11(3-4-15(12)21)23-17-13(18)5-10(6-14(17)19)7-16(20)22/h3-6,8-9,21H,7H2,1-2H3. The molecule has 3 nitrogen and oxygen atoms in total. The summed E-state index contributed by atoms with van der Waals surface area (Å²) in [5.41, 5.74) is 1.60. The van der Waals surface area contributed by atoms with Crippen LogP contribution in [0.5, 0.6) is 17.2 Å². The average Bonchev–Trinajstić information content (AvgIpc) is 2.43. The van der Waals surface area contributed by atoms with Crippen LogP contribution in [0.1, 0.15) is 30.9 Å². The molecule has 0 aliphatic rings. The van der Waals surface area contributed by atoms with E-state index in [1.165, 1.54) is 0 Å². The van der Waals surface area contributed by atoms with Gasteiger partial charge in [0.05, 0.1) is 8.95 Å². The van der Waals surface area contributed by atoms with Crippen molar-refractivity contribution >= 4 is 48.7 Å². The maximum atomic E-state index is 11.0. The van der Waals surface area contributed by atoms with E-state index in [1.54, 1.807) is 24.3 Å². The molecule has 2 aromatic rings. The molecule has 122 valence electrons. The van der Waals surface area contributed by atoms with Gasteiger partial charge in [0.1, 0.15) is 11.5 Å². The van der Waals surface area contributed by atoms with Gasteiger partial charge in [-0.2, -0.15) is 0 Å². The molecule has 1 N–H and O–H groups in total. The average molecular weight is 463 g/mol. The van der Waals surface area contributed by atoms with Crippen molar-refractivity contribution in [2.75, 3.05) is 0 Å². The van der Waals surface area contributed by atoms with Gasteiger partial charge in [-0.25, -0.2) is 0 Å². The third-order valence-corrected chi connectivity index (χ3v) is 4.55. The van der Waals surface area contributed by atoms with Crippen LogP contribution in [0.4, 0.5) is 0 Å². The van der Waals surface area contributed by atoms with E-state index in [0.717, 1.165) is 11.1 Å². The Morgan fingerprint density at radius 1 is 1.22 bits per heavy atom. The molecule has 2 aromatic carbocycles. The Kier molecular flexibility index (Phi) is 6.12. The summed E-state index contributed by atoms with van der Waals surface area (Å²) in [6, 6.07) is 8.73. The number of ether oxygens (including phenoxy) is 1. The minimum Gasteiger partial charge on any atom is -0.508 e. The van der Waals surface area contributed by atoms with Crippen LogP contribution in [-0.2, 0) is 11.2 Å². The quantitative estimate of drug-likeness (QED) is 0.543. The lowest BCUT2D eigenvalue weighted by Crippen LogP contribution is -1.96. The molecule has 0 aromatic heterocycles. The van der Waals surface area contributed by atoms with Gasteiger partial charge >= 0.3 is 0 Å². The second-order valence-electron chi connectivity index (χ2n) is 5.40. The van der Waals surface area contributed by atoms with Gasteiger partial charge in [0, 0.05) is 12.0 Å². The van der Waals surface area contributed by atoms with Crippen LogP contribution in [0.2, 0.25) is 0 Å². The normalized spacial score (nSPS) is 10.9. The van der Waals surface area contributed by atoms with E-state index < -0.39 is 5.24 Å². The molecule has 0 radical (unpaired) electrons. The van der Waals surface area contributed by atoms with Gasteiger partial charge in [0.2, 0.25) is 5.24 Å². The number of rotatable bonds is 5. The Labute approximate surface area is 156 Å². The second kappa shape index (κ2) is 7.69. The van der Waals surface area contributed by atoms with Gasteiger partial charge in [-0.15, -0.1) is 0 Å². The first kappa shape index (κ1) is 18.3. The van der Waals surface area contributed by atoms with E-state index in [-0.39, 0.29) is 18.1 Å². The zero-order chi connectivity index (χ0) is 17.1. The van der Waals surface area contributed by atoms with E-state index >= 15 is 0 Å². The zero-order valence-electron chi connectivity index (χ0n) is 12.6. The van der Waals surface area contributed by atoms with Crippen molar-refractivity contribution in [3.63, 3.8) is 0 Å². The van der Waals surface area contributed by atoms with Crippen LogP contribution in [0.25, 0.3) is 0 Å². The van der Waals surface area contributed by atoms with E-state index in [9.17, 15) is 9.90 Å². The molecular weight excluding hydrogens is 447 g/mol. The molecule has 6 heteroatoms. The van der Waals surface area contributed by atoms with E-state index in [2.05, 4.69) is 31.9 Å². The summed E-state index contributed by atoms with van der Waals surface area (Å²) in [6.07, 6.45) is 0.149. The van der Waals surface area contributed by atoms with Gasteiger partial charge in [-0.1, -0.05) is 13.8 Å². The zero-order valence-corrected chi connectivity index (χ0v) is 16.5. The van der Waals surface area contributed by atoms with Gasteiger partial charge in [0.15, 0.2) is 5.75 Å². The molecule has 2 rings (SSSR count). The van der Waals surface area contributed by atoms with Gasteiger partial charge in [-0.05, 0) is 85.3 Å². The molecule has 0 fully saturated rings. The molecule has 0 saturated heterocycles. The third kappa shape index (κ3) is 4.72. The first-order valence-corrected chi connectivity index (χ1v) is 8.91. The van der Waals surface area contributed by atoms with Crippen molar-refractivity contribution in [1.82, 2.24) is 0 Å². The van der Waals surface area contributed by atoms with Crippen LogP contribution >= 0.6 is 43.5 Å².